The summed E-state index contributed by atoms with van der Waals surface area (Å²) >= 11 is 0. The fourth-order valence-electron chi connectivity index (χ4n) is 5.42. The molecule has 3 heterocycles. The molecule has 3 aliphatic rings. The first-order chi connectivity index (χ1) is 12.6. The van der Waals surface area contributed by atoms with Gasteiger partial charge in [-0.15, -0.1) is 12.4 Å². The zero-order chi connectivity index (χ0) is 18.0. The van der Waals surface area contributed by atoms with E-state index in [1.165, 1.54) is 36.8 Å². The molecule has 27 heavy (non-hydrogen) atoms. The van der Waals surface area contributed by atoms with Crippen molar-refractivity contribution in [3.8, 4) is 0 Å². The molecular weight excluding hydrogens is 360 g/mol. The lowest BCUT2D eigenvalue weighted by molar-refractivity contribution is -0.122. The largest absolute Gasteiger partial charge is 0.381 e. The standard InChI is InChI=1S/C22H32N2O2.ClH/c1-16-4-2-3-5-20(16)22(8-10-26-11-9-22)15-23-21(25)14-17-12-18-6-7-19(13-17)24-18;/h2-5,17-19,24H,6-15H2,1H3,(H,23,25);1H. The normalized spacial score (nSPS) is 29.0. The van der Waals surface area contributed by atoms with Gasteiger partial charge in [-0.2, -0.15) is 0 Å². The van der Waals surface area contributed by atoms with Crippen LogP contribution in [0.15, 0.2) is 24.3 Å². The van der Waals surface area contributed by atoms with Gasteiger partial charge >= 0.3 is 0 Å². The van der Waals surface area contributed by atoms with Gasteiger partial charge in [0.15, 0.2) is 0 Å². The Morgan fingerprint density at radius 3 is 2.52 bits per heavy atom. The minimum absolute atomic E-state index is 0. The molecule has 2 N–H and O–H groups in total. The van der Waals surface area contributed by atoms with Crippen molar-refractivity contribution in [1.82, 2.24) is 10.6 Å². The summed E-state index contributed by atoms with van der Waals surface area (Å²) in [5.41, 5.74) is 2.72. The molecule has 1 aromatic carbocycles. The first-order valence-corrected chi connectivity index (χ1v) is 10.3. The summed E-state index contributed by atoms with van der Waals surface area (Å²) in [5, 5.41) is 6.97. The lowest BCUT2D eigenvalue weighted by Gasteiger charge is -2.39. The number of fused-ring (bicyclic) bond motifs is 2. The quantitative estimate of drug-likeness (QED) is 0.806. The number of piperidine rings is 1. The number of carbonyl (C=O) groups is 1. The van der Waals surface area contributed by atoms with Gasteiger partial charge in [0.2, 0.25) is 5.91 Å². The lowest BCUT2D eigenvalue weighted by atomic mass is 9.72. The lowest BCUT2D eigenvalue weighted by Crippen LogP contribution is -2.46. The number of halogens is 1. The maximum Gasteiger partial charge on any atom is 0.220 e. The molecule has 0 aliphatic carbocycles. The average molecular weight is 393 g/mol. The highest BCUT2D eigenvalue weighted by molar-refractivity contribution is 5.85. The van der Waals surface area contributed by atoms with E-state index in [0.29, 0.717) is 24.4 Å². The number of hydrogen-bond donors (Lipinski definition) is 2. The zero-order valence-electron chi connectivity index (χ0n) is 16.3. The third-order valence-corrected chi connectivity index (χ3v) is 6.84. The molecule has 3 fully saturated rings. The summed E-state index contributed by atoms with van der Waals surface area (Å²) in [6.07, 6.45) is 7.57. The Kier molecular flexibility index (Phi) is 6.83. The van der Waals surface area contributed by atoms with Gasteiger partial charge in [0.1, 0.15) is 0 Å². The van der Waals surface area contributed by atoms with Gasteiger partial charge < -0.3 is 15.4 Å². The molecule has 4 rings (SSSR count). The van der Waals surface area contributed by atoms with Crippen LogP contribution in [0.25, 0.3) is 0 Å². The van der Waals surface area contributed by atoms with E-state index in [2.05, 4.69) is 41.8 Å². The monoisotopic (exact) mass is 392 g/mol. The van der Waals surface area contributed by atoms with Crippen molar-refractivity contribution in [3.63, 3.8) is 0 Å². The van der Waals surface area contributed by atoms with E-state index >= 15 is 0 Å². The summed E-state index contributed by atoms with van der Waals surface area (Å²) in [6.45, 7) is 4.47. The van der Waals surface area contributed by atoms with Crippen LogP contribution in [0.2, 0.25) is 0 Å². The summed E-state index contributed by atoms with van der Waals surface area (Å²) in [5.74, 6) is 0.786. The third kappa shape index (κ3) is 4.67. The molecule has 0 radical (unpaired) electrons. The van der Waals surface area contributed by atoms with Crippen LogP contribution in [0.5, 0.6) is 0 Å². The molecule has 3 saturated heterocycles. The minimum Gasteiger partial charge on any atom is -0.381 e. The molecule has 2 bridgehead atoms. The topological polar surface area (TPSA) is 50.4 Å². The smallest absolute Gasteiger partial charge is 0.220 e. The predicted octanol–water partition coefficient (Wildman–Crippen LogP) is 3.50. The summed E-state index contributed by atoms with van der Waals surface area (Å²) in [4.78, 5) is 12.7. The van der Waals surface area contributed by atoms with Gasteiger partial charge in [-0.1, -0.05) is 24.3 Å². The molecule has 0 saturated carbocycles. The fraction of sp³-hybridized carbons (Fsp3) is 0.682. The second-order valence-corrected chi connectivity index (χ2v) is 8.66. The van der Waals surface area contributed by atoms with Gasteiger partial charge in [0.25, 0.3) is 0 Å². The maximum absolute atomic E-state index is 12.7. The van der Waals surface area contributed by atoms with Crippen LogP contribution >= 0.6 is 12.4 Å². The van der Waals surface area contributed by atoms with Crippen molar-refractivity contribution < 1.29 is 9.53 Å². The number of rotatable bonds is 5. The van der Waals surface area contributed by atoms with Crippen molar-refractivity contribution in [1.29, 1.82) is 0 Å². The van der Waals surface area contributed by atoms with Crippen LogP contribution in [0.4, 0.5) is 0 Å². The minimum atomic E-state index is 0. The molecular formula is C22H33ClN2O2. The van der Waals surface area contributed by atoms with Crippen LogP contribution < -0.4 is 10.6 Å². The molecule has 5 heteroatoms. The number of ether oxygens (including phenoxy) is 1. The summed E-state index contributed by atoms with van der Waals surface area (Å²) in [7, 11) is 0. The molecule has 1 amide bonds. The summed E-state index contributed by atoms with van der Waals surface area (Å²) < 4.78 is 5.63. The Bertz CT molecular complexity index is 633. The summed E-state index contributed by atoms with van der Waals surface area (Å²) in [6, 6.07) is 9.93. The number of nitrogens with one attached hydrogen (secondary N) is 2. The Hall–Kier alpha value is -1.10. The van der Waals surface area contributed by atoms with Crippen molar-refractivity contribution in [2.45, 2.75) is 69.4 Å². The number of hydrogen-bond acceptors (Lipinski definition) is 3. The molecule has 150 valence electrons. The second kappa shape index (κ2) is 8.93. The molecule has 4 nitrogen and oxygen atoms in total. The van der Waals surface area contributed by atoms with Crippen molar-refractivity contribution in [3.05, 3.63) is 35.4 Å². The molecule has 0 spiro atoms. The number of amides is 1. The first-order valence-electron chi connectivity index (χ1n) is 10.3. The van der Waals surface area contributed by atoms with Crippen LogP contribution in [0, 0.1) is 12.8 Å². The van der Waals surface area contributed by atoms with E-state index in [9.17, 15) is 4.79 Å². The van der Waals surface area contributed by atoms with E-state index in [4.69, 9.17) is 4.74 Å². The van der Waals surface area contributed by atoms with E-state index in [1.54, 1.807) is 0 Å². The first kappa shape index (κ1) is 20.6. The Morgan fingerprint density at radius 1 is 1.19 bits per heavy atom. The fourth-order valence-corrected chi connectivity index (χ4v) is 5.42. The van der Waals surface area contributed by atoms with Crippen LogP contribution in [0.3, 0.4) is 0 Å². The Labute approximate surface area is 169 Å². The SMILES string of the molecule is Cc1ccccc1C1(CNC(=O)CC2CC3CCC(C2)N3)CCOCC1.Cl. The van der Waals surface area contributed by atoms with Gasteiger partial charge in [-0.3, -0.25) is 4.79 Å². The average Bonchev–Trinajstić information content (AvgIpc) is 2.99. The second-order valence-electron chi connectivity index (χ2n) is 8.66. The van der Waals surface area contributed by atoms with Crippen molar-refractivity contribution in [2.75, 3.05) is 19.8 Å². The molecule has 2 unspecified atom stereocenters. The van der Waals surface area contributed by atoms with Crippen LogP contribution in [0.1, 0.15) is 56.1 Å². The van der Waals surface area contributed by atoms with E-state index < -0.39 is 0 Å². The van der Waals surface area contributed by atoms with Gasteiger partial charge in [-0.25, -0.2) is 0 Å². The van der Waals surface area contributed by atoms with Crippen molar-refractivity contribution in [2.24, 2.45) is 5.92 Å². The van der Waals surface area contributed by atoms with Gasteiger partial charge in [-0.05, 0) is 62.5 Å². The molecule has 1 aromatic rings. The highest BCUT2D eigenvalue weighted by atomic mass is 35.5. The number of benzene rings is 1. The van der Waals surface area contributed by atoms with E-state index in [1.807, 2.05) is 0 Å². The Morgan fingerprint density at radius 2 is 1.85 bits per heavy atom. The highest BCUT2D eigenvalue weighted by Gasteiger charge is 2.37. The number of carbonyl (C=O) groups excluding carboxylic acids is 1. The Balaban J connectivity index is 0.00000210. The van der Waals surface area contributed by atoms with Gasteiger partial charge in [0.05, 0.1) is 0 Å². The number of aryl methyl sites for hydroxylation is 1. The molecule has 0 aromatic heterocycles. The van der Waals surface area contributed by atoms with Crippen LogP contribution in [-0.4, -0.2) is 37.7 Å². The van der Waals surface area contributed by atoms with E-state index in [-0.39, 0.29) is 23.7 Å². The zero-order valence-corrected chi connectivity index (χ0v) is 17.2. The third-order valence-electron chi connectivity index (χ3n) is 6.84. The maximum atomic E-state index is 12.7. The molecule has 3 aliphatic heterocycles. The molecule has 2 atom stereocenters. The predicted molar refractivity (Wildman–Crippen MR) is 110 cm³/mol. The van der Waals surface area contributed by atoms with Crippen LogP contribution in [-0.2, 0) is 14.9 Å². The highest BCUT2D eigenvalue weighted by Crippen LogP contribution is 2.36. The van der Waals surface area contributed by atoms with Gasteiger partial charge in [0, 0.05) is 43.7 Å². The van der Waals surface area contributed by atoms with Crippen molar-refractivity contribution >= 4 is 18.3 Å². The van der Waals surface area contributed by atoms with E-state index in [0.717, 1.165) is 32.6 Å².